The summed E-state index contributed by atoms with van der Waals surface area (Å²) in [6.07, 6.45) is -1.14. The highest BCUT2D eigenvalue weighted by atomic mass is 35.5. The lowest BCUT2D eigenvalue weighted by molar-refractivity contribution is 0.173. The maximum Gasteiger partial charge on any atom is 0.161 e. The van der Waals surface area contributed by atoms with E-state index in [1.165, 1.54) is 11.3 Å². The highest BCUT2D eigenvalue weighted by Gasteiger charge is 2.17. The van der Waals surface area contributed by atoms with Gasteiger partial charge in [-0.15, -0.1) is 11.3 Å². The summed E-state index contributed by atoms with van der Waals surface area (Å²) in [6, 6.07) is 4.43. The van der Waals surface area contributed by atoms with Gasteiger partial charge < -0.3 is 5.11 Å². The van der Waals surface area contributed by atoms with Crippen molar-refractivity contribution in [3.05, 3.63) is 56.5 Å². The molecule has 0 aliphatic rings. The van der Waals surface area contributed by atoms with Crippen molar-refractivity contribution in [1.82, 2.24) is 0 Å². The van der Waals surface area contributed by atoms with E-state index in [0.717, 1.165) is 4.88 Å². The van der Waals surface area contributed by atoms with Gasteiger partial charge in [0.05, 0.1) is 10.4 Å². The molecule has 1 heterocycles. The van der Waals surface area contributed by atoms with Crippen molar-refractivity contribution in [3.63, 3.8) is 0 Å². The van der Waals surface area contributed by atoms with Crippen LogP contribution < -0.4 is 0 Å². The minimum absolute atomic E-state index is 0.0966. The molecule has 0 bridgehead atoms. The summed E-state index contributed by atoms with van der Waals surface area (Å²) in [5.41, 5.74) is -0.265. The Hall–Kier alpha value is -1.04. The van der Waals surface area contributed by atoms with E-state index in [-0.39, 0.29) is 12.0 Å². The zero-order valence-electron chi connectivity index (χ0n) is 8.96. The van der Waals surface area contributed by atoms with Gasteiger partial charge in [0, 0.05) is 22.9 Å². The van der Waals surface area contributed by atoms with Gasteiger partial charge in [0.1, 0.15) is 5.82 Å². The molecule has 0 fully saturated rings. The van der Waals surface area contributed by atoms with Gasteiger partial charge in [0.25, 0.3) is 0 Å². The summed E-state index contributed by atoms with van der Waals surface area (Å²) in [5, 5.41) is 9.81. The first kappa shape index (κ1) is 13.4. The summed E-state index contributed by atoms with van der Waals surface area (Å²) in [4.78, 5) is 0.733. The van der Waals surface area contributed by atoms with Gasteiger partial charge in [0.2, 0.25) is 0 Å². The third-order valence-electron chi connectivity index (χ3n) is 2.42. The molecule has 1 unspecified atom stereocenters. The van der Waals surface area contributed by atoms with Gasteiger partial charge in [-0.2, -0.15) is 0 Å². The molecule has 0 radical (unpaired) electrons. The second-order valence-corrected chi connectivity index (χ2v) is 5.51. The number of halogens is 4. The Morgan fingerprint density at radius 2 is 1.78 bits per heavy atom. The standard InChI is InChI=1S/C12H8ClF3OS/c13-12-2-1-6(18-12)3-11(17)7-4-9(15)10(16)5-8(7)14/h1-2,4-5,11,17H,3H2. The first-order chi connectivity index (χ1) is 8.47. The van der Waals surface area contributed by atoms with Gasteiger partial charge in [0.15, 0.2) is 11.6 Å². The monoisotopic (exact) mass is 292 g/mol. The average Bonchev–Trinajstić information content (AvgIpc) is 2.69. The Morgan fingerprint density at radius 3 is 2.39 bits per heavy atom. The van der Waals surface area contributed by atoms with Crippen LogP contribution in [-0.4, -0.2) is 5.11 Å². The number of aliphatic hydroxyl groups is 1. The van der Waals surface area contributed by atoms with Gasteiger partial charge in [-0.05, 0) is 18.2 Å². The van der Waals surface area contributed by atoms with Crippen LogP contribution in [-0.2, 0) is 6.42 Å². The molecule has 0 spiro atoms. The Kier molecular flexibility index (Phi) is 3.94. The lowest BCUT2D eigenvalue weighted by atomic mass is 10.0. The van der Waals surface area contributed by atoms with E-state index in [1.807, 2.05) is 0 Å². The maximum atomic E-state index is 13.4. The maximum absolute atomic E-state index is 13.4. The molecule has 1 nitrogen and oxygen atoms in total. The van der Waals surface area contributed by atoms with Crippen molar-refractivity contribution in [1.29, 1.82) is 0 Å². The third kappa shape index (κ3) is 2.85. The van der Waals surface area contributed by atoms with E-state index in [4.69, 9.17) is 11.6 Å². The molecule has 18 heavy (non-hydrogen) atoms. The second-order valence-electron chi connectivity index (χ2n) is 3.71. The molecule has 1 atom stereocenters. The fourth-order valence-corrected chi connectivity index (χ4v) is 2.68. The predicted octanol–water partition coefficient (Wildman–Crippen LogP) is 4.09. The Labute approximate surface area is 110 Å². The Morgan fingerprint density at radius 1 is 1.11 bits per heavy atom. The first-order valence-corrected chi connectivity index (χ1v) is 6.23. The minimum atomic E-state index is -1.28. The van der Waals surface area contributed by atoms with Crippen LogP contribution in [0, 0.1) is 17.5 Å². The van der Waals surface area contributed by atoms with Crippen LogP contribution in [0.2, 0.25) is 4.34 Å². The van der Waals surface area contributed by atoms with Crippen molar-refractivity contribution in [2.24, 2.45) is 0 Å². The van der Waals surface area contributed by atoms with Crippen LogP contribution in [0.3, 0.4) is 0 Å². The predicted molar refractivity (Wildman–Crippen MR) is 64.3 cm³/mol. The molecule has 0 aliphatic carbocycles. The zero-order chi connectivity index (χ0) is 13.3. The van der Waals surface area contributed by atoms with E-state index in [0.29, 0.717) is 16.5 Å². The molecule has 6 heteroatoms. The van der Waals surface area contributed by atoms with Crippen LogP contribution in [0.5, 0.6) is 0 Å². The SMILES string of the molecule is OC(Cc1ccc(Cl)s1)c1cc(F)c(F)cc1F. The summed E-state index contributed by atoms with van der Waals surface area (Å²) < 4.78 is 39.7. The minimum Gasteiger partial charge on any atom is -0.388 e. The van der Waals surface area contributed by atoms with E-state index >= 15 is 0 Å². The molecule has 1 aromatic carbocycles. The Bertz CT molecular complexity index is 570. The van der Waals surface area contributed by atoms with Crippen LogP contribution >= 0.6 is 22.9 Å². The van der Waals surface area contributed by atoms with Crippen molar-refractivity contribution in [2.45, 2.75) is 12.5 Å². The van der Waals surface area contributed by atoms with E-state index in [1.54, 1.807) is 12.1 Å². The topological polar surface area (TPSA) is 20.2 Å². The summed E-state index contributed by atoms with van der Waals surface area (Å²) >= 11 is 6.96. The molecule has 0 amide bonds. The number of thiophene rings is 1. The number of benzene rings is 1. The fraction of sp³-hybridized carbons (Fsp3) is 0.167. The lowest BCUT2D eigenvalue weighted by Crippen LogP contribution is -2.05. The molecule has 0 aliphatic heterocycles. The molecule has 1 N–H and O–H groups in total. The van der Waals surface area contributed by atoms with E-state index < -0.39 is 23.6 Å². The molecule has 2 rings (SSSR count). The molecule has 0 saturated heterocycles. The van der Waals surface area contributed by atoms with E-state index in [9.17, 15) is 18.3 Å². The number of rotatable bonds is 3. The van der Waals surface area contributed by atoms with Crippen molar-refractivity contribution >= 4 is 22.9 Å². The van der Waals surface area contributed by atoms with Gasteiger partial charge in [-0.1, -0.05) is 11.6 Å². The van der Waals surface area contributed by atoms with Crippen LogP contribution in [0.25, 0.3) is 0 Å². The normalized spacial score (nSPS) is 12.7. The molecule has 0 saturated carbocycles. The lowest BCUT2D eigenvalue weighted by Gasteiger charge is -2.11. The van der Waals surface area contributed by atoms with Crippen LogP contribution in [0.4, 0.5) is 13.2 Å². The first-order valence-electron chi connectivity index (χ1n) is 5.04. The van der Waals surface area contributed by atoms with Crippen LogP contribution in [0.1, 0.15) is 16.5 Å². The highest BCUT2D eigenvalue weighted by Crippen LogP contribution is 2.28. The summed E-state index contributed by atoms with van der Waals surface area (Å²) in [6.45, 7) is 0. The average molecular weight is 293 g/mol. The zero-order valence-corrected chi connectivity index (χ0v) is 10.5. The molecule has 2 aromatic rings. The van der Waals surface area contributed by atoms with Crippen LogP contribution in [0.15, 0.2) is 24.3 Å². The molecular formula is C12H8ClF3OS. The number of hydrogen-bond donors (Lipinski definition) is 1. The quantitative estimate of drug-likeness (QED) is 0.845. The van der Waals surface area contributed by atoms with Crippen molar-refractivity contribution in [2.75, 3.05) is 0 Å². The van der Waals surface area contributed by atoms with Gasteiger partial charge in [-0.25, -0.2) is 13.2 Å². The van der Waals surface area contributed by atoms with Gasteiger partial charge >= 0.3 is 0 Å². The highest BCUT2D eigenvalue weighted by molar-refractivity contribution is 7.16. The van der Waals surface area contributed by atoms with Gasteiger partial charge in [-0.3, -0.25) is 0 Å². The fourth-order valence-electron chi connectivity index (χ4n) is 1.56. The molecule has 1 aromatic heterocycles. The number of aliphatic hydroxyl groups excluding tert-OH is 1. The number of hydrogen-bond acceptors (Lipinski definition) is 2. The largest absolute Gasteiger partial charge is 0.388 e. The smallest absolute Gasteiger partial charge is 0.161 e. The summed E-state index contributed by atoms with van der Waals surface area (Å²) in [5.74, 6) is -3.43. The second kappa shape index (κ2) is 5.30. The molecular weight excluding hydrogens is 285 g/mol. The third-order valence-corrected chi connectivity index (χ3v) is 3.68. The Balaban J connectivity index is 2.23. The molecule has 96 valence electrons. The van der Waals surface area contributed by atoms with Crippen molar-refractivity contribution in [3.8, 4) is 0 Å². The van der Waals surface area contributed by atoms with Crippen molar-refractivity contribution < 1.29 is 18.3 Å². The summed E-state index contributed by atoms with van der Waals surface area (Å²) in [7, 11) is 0. The van der Waals surface area contributed by atoms with E-state index in [2.05, 4.69) is 0 Å².